The summed E-state index contributed by atoms with van der Waals surface area (Å²) < 4.78 is 0. The van der Waals surface area contributed by atoms with E-state index in [9.17, 15) is 0 Å². The molecule has 5 heteroatoms. The SMILES string of the molecule is CCN(CCCO)Cc1nc(C)cc(NC)n1. The van der Waals surface area contributed by atoms with Crippen LogP contribution < -0.4 is 5.32 Å². The number of aliphatic hydroxyl groups is 1. The van der Waals surface area contributed by atoms with Gasteiger partial charge in [-0.25, -0.2) is 9.97 Å². The summed E-state index contributed by atoms with van der Waals surface area (Å²) in [5, 5.41) is 11.9. The van der Waals surface area contributed by atoms with Gasteiger partial charge in [0.2, 0.25) is 0 Å². The number of hydrogen-bond donors (Lipinski definition) is 2. The molecule has 17 heavy (non-hydrogen) atoms. The maximum Gasteiger partial charge on any atom is 0.144 e. The van der Waals surface area contributed by atoms with Crippen LogP contribution in [0.15, 0.2) is 6.07 Å². The quantitative estimate of drug-likeness (QED) is 0.743. The second kappa shape index (κ2) is 7.19. The van der Waals surface area contributed by atoms with Crippen LogP contribution in [0.5, 0.6) is 0 Å². The fourth-order valence-corrected chi connectivity index (χ4v) is 1.67. The normalized spacial score (nSPS) is 10.9. The van der Waals surface area contributed by atoms with Gasteiger partial charge in [-0.2, -0.15) is 0 Å². The van der Waals surface area contributed by atoms with Crippen molar-refractivity contribution in [2.45, 2.75) is 26.8 Å². The summed E-state index contributed by atoms with van der Waals surface area (Å²) in [5.41, 5.74) is 0.970. The largest absolute Gasteiger partial charge is 0.396 e. The molecule has 1 heterocycles. The maximum atomic E-state index is 8.84. The molecule has 0 unspecified atom stereocenters. The van der Waals surface area contributed by atoms with Crippen molar-refractivity contribution in [2.75, 3.05) is 32.1 Å². The third kappa shape index (κ3) is 4.66. The number of nitrogens with one attached hydrogen (secondary N) is 1. The Morgan fingerprint density at radius 2 is 2.18 bits per heavy atom. The van der Waals surface area contributed by atoms with E-state index in [0.29, 0.717) is 0 Å². The minimum atomic E-state index is 0.229. The minimum Gasteiger partial charge on any atom is -0.396 e. The Balaban J connectivity index is 2.68. The predicted molar refractivity (Wildman–Crippen MR) is 69.0 cm³/mol. The first-order valence-corrected chi connectivity index (χ1v) is 6.05. The van der Waals surface area contributed by atoms with Crippen molar-refractivity contribution < 1.29 is 5.11 Å². The number of anilines is 1. The van der Waals surface area contributed by atoms with Gasteiger partial charge in [0.05, 0.1) is 6.54 Å². The van der Waals surface area contributed by atoms with Crippen LogP contribution in [0, 0.1) is 6.92 Å². The second-order valence-electron chi connectivity index (χ2n) is 4.01. The maximum absolute atomic E-state index is 8.84. The molecule has 0 aliphatic heterocycles. The number of rotatable bonds is 7. The third-order valence-electron chi connectivity index (χ3n) is 2.60. The van der Waals surface area contributed by atoms with Gasteiger partial charge in [0.1, 0.15) is 11.6 Å². The Labute approximate surface area is 103 Å². The average molecular weight is 238 g/mol. The number of aromatic nitrogens is 2. The smallest absolute Gasteiger partial charge is 0.144 e. The molecule has 0 spiro atoms. The zero-order valence-corrected chi connectivity index (χ0v) is 10.9. The first kappa shape index (κ1) is 13.9. The van der Waals surface area contributed by atoms with Crippen molar-refractivity contribution in [3.8, 4) is 0 Å². The van der Waals surface area contributed by atoms with Gasteiger partial charge in [-0.05, 0) is 19.9 Å². The fourth-order valence-electron chi connectivity index (χ4n) is 1.67. The van der Waals surface area contributed by atoms with Gasteiger partial charge in [-0.3, -0.25) is 4.90 Å². The predicted octanol–water partition coefficient (Wildman–Crippen LogP) is 1.03. The molecule has 0 saturated heterocycles. The Kier molecular flexibility index (Phi) is 5.86. The van der Waals surface area contributed by atoms with E-state index in [1.807, 2.05) is 20.0 Å². The number of hydrogen-bond acceptors (Lipinski definition) is 5. The highest BCUT2D eigenvalue weighted by molar-refractivity contribution is 5.34. The third-order valence-corrected chi connectivity index (χ3v) is 2.60. The van der Waals surface area contributed by atoms with Crippen LogP contribution in [-0.4, -0.2) is 46.7 Å². The molecule has 0 amide bonds. The Hall–Kier alpha value is -1.20. The highest BCUT2D eigenvalue weighted by atomic mass is 16.3. The summed E-state index contributed by atoms with van der Waals surface area (Å²) in [4.78, 5) is 11.1. The first-order chi connectivity index (χ1) is 8.19. The molecule has 0 aromatic carbocycles. The molecule has 96 valence electrons. The van der Waals surface area contributed by atoms with Crippen LogP contribution in [-0.2, 0) is 6.54 Å². The number of aryl methyl sites for hydroxylation is 1. The van der Waals surface area contributed by atoms with E-state index in [4.69, 9.17) is 5.11 Å². The molecule has 0 saturated carbocycles. The summed E-state index contributed by atoms with van der Waals surface area (Å²) in [7, 11) is 1.86. The van der Waals surface area contributed by atoms with Crippen LogP contribution in [0.4, 0.5) is 5.82 Å². The van der Waals surface area contributed by atoms with Gasteiger partial charge in [0, 0.05) is 32.0 Å². The van der Waals surface area contributed by atoms with Crippen molar-refractivity contribution in [2.24, 2.45) is 0 Å². The zero-order chi connectivity index (χ0) is 12.7. The standard InChI is InChI=1S/C12H22N4O/c1-4-16(6-5-7-17)9-12-14-10(2)8-11(13-3)15-12/h8,17H,4-7,9H2,1-3H3,(H,13,14,15). The highest BCUT2D eigenvalue weighted by Crippen LogP contribution is 2.07. The molecule has 1 aromatic heterocycles. The van der Waals surface area contributed by atoms with E-state index in [2.05, 4.69) is 27.1 Å². The summed E-state index contributed by atoms with van der Waals surface area (Å²) in [6.07, 6.45) is 0.790. The monoisotopic (exact) mass is 238 g/mol. The van der Waals surface area contributed by atoms with Crippen LogP contribution in [0.1, 0.15) is 24.9 Å². The van der Waals surface area contributed by atoms with Crippen LogP contribution >= 0.6 is 0 Å². The van der Waals surface area contributed by atoms with Crippen LogP contribution in [0.2, 0.25) is 0 Å². The van der Waals surface area contributed by atoms with Gasteiger partial charge in [-0.15, -0.1) is 0 Å². The van der Waals surface area contributed by atoms with E-state index in [1.54, 1.807) is 0 Å². The molecule has 5 nitrogen and oxygen atoms in total. The lowest BCUT2D eigenvalue weighted by atomic mass is 10.3. The van der Waals surface area contributed by atoms with Gasteiger partial charge >= 0.3 is 0 Å². The molecule has 0 atom stereocenters. The molecular formula is C12H22N4O. The van der Waals surface area contributed by atoms with Crippen molar-refractivity contribution in [1.29, 1.82) is 0 Å². The summed E-state index contributed by atoms with van der Waals surface area (Å²) in [6, 6.07) is 1.92. The van der Waals surface area contributed by atoms with Gasteiger partial charge in [-0.1, -0.05) is 6.92 Å². The lowest BCUT2D eigenvalue weighted by Crippen LogP contribution is -2.26. The minimum absolute atomic E-state index is 0.229. The van der Waals surface area contributed by atoms with E-state index in [0.717, 1.165) is 43.4 Å². The lowest BCUT2D eigenvalue weighted by molar-refractivity contribution is 0.222. The molecular weight excluding hydrogens is 216 g/mol. The van der Waals surface area contributed by atoms with E-state index in [-0.39, 0.29) is 6.61 Å². The fraction of sp³-hybridized carbons (Fsp3) is 0.667. The molecule has 0 bridgehead atoms. The molecule has 0 fully saturated rings. The van der Waals surface area contributed by atoms with E-state index < -0.39 is 0 Å². The number of nitrogens with zero attached hydrogens (tertiary/aromatic N) is 3. The molecule has 1 aromatic rings. The lowest BCUT2D eigenvalue weighted by Gasteiger charge is -2.19. The first-order valence-electron chi connectivity index (χ1n) is 6.05. The van der Waals surface area contributed by atoms with Crippen molar-refractivity contribution in [3.63, 3.8) is 0 Å². The van der Waals surface area contributed by atoms with Crippen LogP contribution in [0.3, 0.4) is 0 Å². The zero-order valence-electron chi connectivity index (χ0n) is 10.9. The van der Waals surface area contributed by atoms with Crippen molar-refractivity contribution in [1.82, 2.24) is 14.9 Å². The van der Waals surface area contributed by atoms with E-state index in [1.165, 1.54) is 0 Å². The molecule has 0 aliphatic carbocycles. The molecule has 2 N–H and O–H groups in total. The Morgan fingerprint density at radius 1 is 1.41 bits per heavy atom. The van der Waals surface area contributed by atoms with Gasteiger partial charge in [0.15, 0.2) is 0 Å². The van der Waals surface area contributed by atoms with E-state index >= 15 is 0 Å². The summed E-state index contributed by atoms with van der Waals surface area (Å²) >= 11 is 0. The topological polar surface area (TPSA) is 61.3 Å². The molecule has 0 aliphatic rings. The molecule has 0 radical (unpaired) electrons. The van der Waals surface area contributed by atoms with Gasteiger partial charge < -0.3 is 10.4 Å². The second-order valence-corrected chi connectivity index (χ2v) is 4.01. The van der Waals surface area contributed by atoms with Crippen molar-refractivity contribution in [3.05, 3.63) is 17.6 Å². The van der Waals surface area contributed by atoms with Gasteiger partial charge in [0.25, 0.3) is 0 Å². The summed E-state index contributed by atoms with van der Waals surface area (Å²) in [5.74, 6) is 1.68. The average Bonchev–Trinajstić information content (AvgIpc) is 2.33. The number of aliphatic hydroxyl groups excluding tert-OH is 1. The molecule has 1 rings (SSSR count). The highest BCUT2D eigenvalue weighted by Gasteiger charge is 2.07. The van der Waals surface area contributed by atoms with Crippen molar-refractivity contribution >= 4 is 5.82 Å². The summed E-state index contributed by atoms with van der Waals surface area (Å²) in [6.45, 7) is 6.84. The Morgan fingerprint density at radius 3 is 2.76 bits per heavy atom. The van der Waals surface area contributed by atoms with Crippen LogP contribution in [0.25, 0.3) is 0 Å². The Bertz CT molecular complexity index is 343.